The van der Waals surface area contributed by atoms with Gasteiger partial charge in [0, 0.05) is 12.6 Å². The zero-order valence-corrected chi connectivity index (χ0v) is 10.8. The summed E-state index contributed by atoms with van der Waals surface area (Å²) in [5, 5.41) is 11.2. The van der Waals surface area contributed by atoms with E-state index < -0.39 is 0 Å². The Morgan fingerprint density at radius 1 is 1.44 bits per heavy atom. The molecule has 1 aliphatic heterocycles. The van der Waals surface area contributed by atoms with Gasteiger partial charge in [0.25, 0.3) is 5.69 Å². The van der Waals surface area contributed by atoms with E-state index in [1.165, 1.54) is 19.6 Å². The molecule has 1 unspecified atom stereocenters. The molecule has 0 saturated carbocycles. The SMILES string of the molecule is COc1ccc(N2CCCCC2C)c([N+](=O)[O-])c1. The van der Waals surface area contributed by atoms with E-state index in [9.17, 15) is 10.1 Å². The minimum atomic E-state index is -0.334. The lowest BCUT2D eigenvalue weighted by molar-refractivity contribution is -0.384. The second kappa shape index (κ2) is 5.25. The molecule has 18 heavy (non-hydrogen) atoms. The van der Waals surface area contributed by atoms with Crippen LogP contribution in [-0.2, 0) is 0 Å². The summed E-state index contributed by atoms with van der Waals surface area (Å²) >= 11 is 0. The molecule has 0 radical (unpaired) electrons. The fraction of sp³-hybridized carbons (Fsp3) is 0.538. The molecule has 0 N–H and O–H groups in total. The Morgan fingerprint density at radius 2 is 2.22 bits per heavy atom. The standard InChI is InChI=1S/C13H18N2O3/c1-10-5-3-4-8-14(10)12-7-6-11(18-2)9-13(12)15(16)17/h6-7,9-10H,3-5,8H2,1-2H3. The van der Waals surface area contributed by atoms with Gasteiger partial charge in [-0.3, -0.25) is 10.1 Å². The highest BCUT2D eigenvalue weighted by Crippen LogP contribution is 2.35. The van der Waals surface area contributed by atoms with E-state index >= 15 is 0 Å². The van der Waals surface area contributed by atoms with E-state index in [0.717, 1.165) is 19.4 Å². The monoisotopic (exact) mass is 250 g/mol. The van der Waals surface area contributed by atoms with Crippen LogP contribution in [0.2, 0.25) is 0 Å². The van der Waals surface area contributed by atoms with Crippen molar-refractivity contribution in [3.63, 3.8) is 0 Å². The van der Waals surface area contributed by atoms with Gasteiger partial charge in [-0.05, 0) is 38.3 Å². The molecule has 1 saturated heterocycles. The molecule has 0 aromatic heterocycles. The zero-order chi connectivity index (χ0) is 13.1. The minimum Gasteiger partial charge on any atom is -0.496 e. The smallest absolute Gasteiger partial charge is 0.296 e. The van der Waals surface area contributed by atoms with E-state index in [1.54, 1.807) is 12.1 Å². The number of anilines is 1. The number of nitrogens with zero attached hydrogens (tertiary/aromatic N) is 2. The Morgan fingerprint density at radius 3 is 2.83 bits per heavy atom. The van der Waals surface area contributed by atoms with Gasteiger partial charge in [0.1, 0.15) is 11.4 Å². The molecule has 1 atom stereocenters. The molecular formula is C13H18N2O3. The normalized spacial score (nSPS) is 19.7. The van der Waals surface area contributed by atoms with Crippen LogP contribution in [0, 0.1) is 10.1 Å². The molecular weight excluding hydrogens is 232 g/mol. The fourth-order valence-electron chi connectivity index (χ4n) is 2.48. The topological polar surface area (TPSA) is 55.6 Å². The van der Waals surface area contributed by atoms with E-state index in [0.29, 0.717) is 17.5 Å². The molecule has 0 aliphatic carbocycles. The van der Waals surface area contributed by atoms with Crippen LogP contribution in [0.1, 0.15) is 26.2 Å². The van der Waals surface area contributed by atoms with Crippen molar-refractivity contribution in [2.75, 3.05) is 18.6 Å². The van der Waals surface area contributed by atoms with Gasteiger partial charge in [-0.2, -0.15) is 0 Å². The number of nitro groups is 1. The maximum atomic E-state index is 11.2. The Kier molecular flexibility index (Phi) is 3.69. The Bertz CT molecular complexity index is 448. The summed E-state index contributed by atoms with van der Waals surface area (Å²) in [6, 6.07) is 5.42. The van der Waals surface area contributed by atoms with Crippen molar-refractivity contribution >= 4 is 11.4 Å². The van der Waals surface area contributed by atoms with Gasteiger partial charge >= 0.3 is 0 Å². The van der Waals surface area contributed by atoms with Crippen LogP contribution >= 0.6 is 0 Å². The summed E-state index contributed by atoms with van der Waals surface area (Å²) in [6.45, 7) is 3.00. The highest BCUT2D eigenvalue weighted by molar-refractivity contribution is 5.66. The Hall–Kier alpha value is -1.78. The average molecular weight is 250 g/mol. The van der Waals surface area contributed by atoms with Crippen LogP contribution in [0.5, 0.6) is 5.75 Å². The molecule has 98 valence electrons. The van der Waals surface area contributed by atoms with Gasteiger partial charge in [-0.1, -0.05) is 0 Å². The van der Waals surface area contributed by atoms with Gasteiger partial charge < -0.3 is 9.64 Å². The van der Waals surface area contributed by atoms with Gasteiger partial charge in [-0.15, -0.1) is 0 Å². The van der Waals surface area contributed by atoms with Gasteiger partial charge in [-0.25, -0.2) is 0 Å². The predicted octanol–water partition coefficient (Wildman–Crippen LogP) is 2.98. The van der Waals surface area contributed by atoms with Crippen LogP contribution in [0.4, 0.5) is 11.4 Å². The highest BCUT2D eigenvalue weighted by atomic mass is 16.6. The van der Waals surface area contributed by atoms with E-state index in [1.807, 2.05) is 0 Å². The summed E-state index contributed by atoms with van der Waals surface area (Å²) in [5.41, 5.74) is 0.830. The van der Waals surface area contributed by atoms with Crippen molar-refractivity contribution in [3.8, 4) is 5.75 Å². The maximum Gasteiger partial charge on any atom is 0.296 e. The van der Waals surface area contributed by atoms with Crippen LogP contribution in [-0.4, -0.2) is 24.6 Å². The zero-order valence-electron chi connectivity index (χ0n) is 10.8. The largest absolute Gasteiger partial charge is 0.496 e. The number of nitro benzene ring substituents is 1. The van der Waals surface area contributed by atoms with Crippen molar-refractivity contribution in [1.29, 1.82) is 0 Å². The summed E-state index contributed by atoms with van der Waals surface area (Å²) in [7, 11) is 1.52. The molecule has 1 aliphatic rings. The van der Waals surface area contributed by atoms with E-state index in [-0.39, 0.29) is 10.6 Å². The lowest BCUT2D eigenvalue weighted by Gasteiger charge is -2.35. The Labute approximate surface area is 107 Å². The quantitative estimate of drug-likeness (QED) is 0.611. The third-order valence-electron chi connectivity index (χ3n) is 3.49. The number of rotatable bonds is 3. The second-order valence-electron chi connectivity index (χ2n) is 4.65. The maximum absolute atomic E-state index is 11.2. The van der Waals surface area contributed by atoms with Gasteiger partial charge in [0.2, 0.25) is 0 Å². The van der Waals surface area contributed by atoms with Crippen molar-refractivity contribution < 1.29 is 9.66 Å². The molecule has 0 bridgehead atoms. The first kappa shape index (κ1) is 12.7. The van der Waals surface area contributed by atoms with Crippen LogP contribution in [0.3, 0.4) is 0 Å². The molecule has 1 aromatic carbocycles. The molecule has 0 amide bonds. The first-order chi connectivity index (χ1) is 8.63. The number of piperidine rings is 1. The number of hydrogen-bond acceptors (Lipinski definition) is 4. The number of benzene rings is 1. The first-order valence-electron chi connectivity index (χ1n) is 6.22. The second-order valence-corrected chi connectivity index (χ2v) is 4.65. The lowest BCUT2D eigenvalue weighted by Crippen LogP contribution is -2.37. The molecule has 1 fully saturated rings. The lowest BCUT2D eigenvalue weighted by atomic mass is 10.0. The van der Waals surface area contributed by atoms with Gasteiger partial charge in [0.15, 0.2) is 0 Å². The summed E-state index contributed by atoms with van der Waals surface area (Å²) in [6.07, 6.45) is 3.37. The summed E-state index contributed by atoms with van der Waals surface area (Å²) in [5.74, 6) is 0.523. The van der Waals surface area contributed by atoms with Crippen LogP contribution in [0.25, 0.3) is 0 Å². The van der Waals surface area contributed by atoms with Crippen LogP contribution in [0.15, 0.2) is 18.2 Å². The summed E-state index contributed by atoms with van der Waals surface area (Å²) in [4.78, 5) is 13.0. The van der Waals surface area contributed by atoms with Crippen molar-refractivity contribution in [1.82, 2.24) is 0 Å². The predicted molar refractivity (Wildman–Crippen MR) is 70.3 cm³/mol. The molecule has 1 aromatic rings. The van der Waals surface area contributed by atoms with Crippen molar-refractivity contribution in [2.45, 2.75) is 32.2 Å². The number of ether oxygens (including phenoxy) is 1. The summed E-state index contributed by atoms with van der Waals surface area (Å²) < 4.78 is 5.05. The van der Waals surface area contributed by atoms with Gasteiger partial charge in [0.05, 0.1) is 18.1 Å². The molecule has 5 nitrogen and oxygen atoms in total. The average Bonchev–Trinajstić information content (AvgIpc) is 2.38. The first-order valence-corrected chi connectivity index (χ1v) is 6.22. The van der Waals surface area contributed by atoms with Crippen LogP contribution < -0.4 is 9.64 Å². The van der Waals surface area contributed by atoms with E-state index in [4.69, 9.17) is 4.74 Å². The third-order valence-corrected chi connectivity index (χ3v) is 3.49. The van der Waals surface area contributed by atoms with E-state index in [2.05, 4.69) is 11.8 Å². The third kappa shape index (κ3) is 2.39. The Balaban J connectivity index is 2.39. The van der Waals surface area contributed by atoms with Crippen molar-refractivity contribution in [3.05, 3.63) is 28.3 Å². The number of hydrogen-bond donors (Lipinski definition) is 0. The molecule has 1 heterocycles. The molecule has 2 rings (SSSR count). The molecule has 0 spiro atoms. The minimum absolute atomic E-state index is 0.128. The fourth-order valence-corrected chi connectivity index (χ4v) is 2.48. The molecule has 5 heteroatoms. The van der Waals surface area contributed by atoms with Crippen molar-refractivity contribution in [2.24, 2.45) is 0 Å². The highest BCUT2D eigenvalue weighted by Gasteiger charge is 2.25. The number of methoxy groups -OCH3 is 1.